The third-order valence-corrected chi connectivity index (χ3v) is 11.4. The van der Waals surface area contributed by atoms with Gasteiger partial charge in [0.25, 0.3) is 0 Å². The molecular weight excluding hydrogens is 735 g/mol. The fourth-order valence-electron chi connectivity index (χ4n) is 8.26. The van der Waals surface area contributed by atoms with Gasteiger partial charge in [-0.05, 0) is 151 Å². The van der Waals surface area contributed by atoms with E-state index >= 15 is 0 Å². The van der Waals surface area contributed by atoms with Gasteiger partial charge in [-0.15, -0.1) is 0 Å². The van der Waals surface area contributed by atoms with Crippen LogP contribution in [0.15, 0.2) is 261 Å². The molecule has 288 valence electrons. The highest BCUT2D eigenvalue weighted by Gasteiger charge is 2.16. The summed E-state index contributed by atoms with van der Waals surface area (Å²) >= 11 is 0. The average Bonchev–Trinajstić information content (AvgIpc) is 3.36. The molecule has 0 spiro atoms. The maximum atomic E-state index is 2.36. The van der Waals surface area contributed by atoms with Crippen molar-refractivity contribution in [2.75, 3.05) is 4.90 Å². The van der Waals surface area contributed by atoms with Gasteiger partial charge in [0, 0.05) is 17.1 Å². The van der Waals surface area contributed by atoms with Gasteiger partial charge in [0.1, 0.15) is 0 Å². The monoisotopic (exact) mass is 777 g/mol. The molecule has 0 unspecified atom stereocenters. The molecule has 1 nitrogen and oxygen atoms in total. The SMILES string of the molecule is c1ccc(-c2ccc(N(c3ccc(-c4cc(-c5ccccc5)cc(-c5ccccc5)c4)cc3)c3ccc(-c4cc(-c5ccccc5)cc(-c5ccccc5)c4)cc3)cc2)cc1. The third kappa shape index (κ3) is 8.19. The van der Waals surface area contributed by atoms with Crippen LogP contribution in [0, 0.1) is 0 Å². The second-order valence-electron chi connectivity index (χ2n) is 15.4. The van der Waals surface area contributed by atoms with Crippen molar-refractivity contribution in [3.8, 4) is 77.9 Å². The van der Waals surface area contributed by atoms with Gasteiger partial charge in [-0.25, -0.2) is 0 Å². The van der Waals surface area contributed by atoms with Crippen molar-refractivity contribution in [1.29, 1.82) is 0 Å². The molecule has 0 aromatic heterocycles. The quantitative estimate of drug-likeness (QED) is 0.134. The second kappa shape index (κ2) is 17.1. The molecule has 1 heteroatoms. The Hall–Kier alpha value is -8.00. The molecule has 61 heavy (non-hydrogen) atoms. The summed E-state index contributed by atoms with van der Waals surface area (Å²) in [5, 5.41) is 0. The Morgan fingerprint density at radius 3 is 0.525 bits per heavy atom. The van der Waals surface area contributed by atoms with Crippen molar-refractivity contribution in [3.05, 3.63) is 261 Å². The van der Waals surface area contributed by atoms with E-state index in [2.05, 4.69) is 266 Å². The number of benzene rings is 10. The van der Waals surface area contributed by atoms with Crippen molar-refractivity contribution in [2.24, 2.45) is 0 Å². The molecule has 0 heterocycles. The van der Waals surface area contributed by atoms with Crippen LogP contribution in [0.25, 0.3) is 77.9 Å². The summed E-state index contributed by atoms with van der Waals surface area (Å²) in [6, 6.07) is 94.0. The summed E-state index contributed by atoms with van der Waals surface area (Å²) in [6.45, 7) is 0. The van der Waals surface area contributed by atoms with Gasteiger partial charge in [0.05, 0.1) is 0 Å². The minimum Gasteiger partial charge on any atom is -0.311 e. The molecule has 0 bridgehead atoms. The summed E-state index contributed by atoms with van der Waals surface area (Å²) in [4.78, 5) is 2.36. The van der Waals surface area contributed by atoms with Crippen molar-refractivity contribution >= 4 is 17.1 Å². The molecule has 0 N–H and O–H groups in total. The normalized spacial score (nSPS) is 11.0. The zero-order valence-electron chi connectivity index (χ0n) is 33.8. The standard InChI is InChI=1S/C60H43N/c1-6-16-44(17-7-1)49-26-32-58(33-27-49)61(59-34-28-50(29-35-59)56-40-52(45-18-8-2-9-19-45)38-53(41-56)46-20-10-3-11-21-46)60-36-30-51(31-37-60)57-42-54(47-22-12-4-13-23-47)39-55(43-57)48-24-14-5-15-25-48/h1-43H. The van der Waals surface area contributed by atoms with E-state index in [0.29, 0.717) is 0 Å². The van der Waals surface area contributed by atoms with Crippen LogP contribution in [0.5, 0.6) is 0 Å². The second-order valence-corrected chi connectivity index (χ2v) is 15.4. The van der Waals surface area contributed by atoms with Crippen LogP contribution >= 0.6 is 0 Å². The topological polar surface area (TPSA) is 3.24 Å². The Kier molecular flexibility index (Phi) is 10.4. The Balaban J connectivity index is 1.04. The lowest BCUT2D eigenvalue weighted by molar-refractivity contribution is 1.28. The lowest BCUT2D eigenvalue weighted by atomic mass is 9.93. The van der Waals surface area contributed by atoms with E-state index < -0.39 is 0 Å². The molecule has 0 aliphatic heterocycles. The number of hydrogen-bond donors (Lipinski definition) is 0. The van der Waals surface area contributed by atoms with Gasteiger partial charge in [0.15, 0.2) is 0 Å². The van der Waals surface area contributed by atoms with E-state index in [0.717, 1.165) is 17.1 Å². The molecule has 0 fully saturated rings. The van der Waals surface area contributed by atoms with Crippen molar-refractivity contribution in [1.82, 2.24) is 0 Å². The summed E-state index contributed by atoms with van der Waals surface area (Å²) in [7, 11) is 0. The Bertz CT molecular complexity index is 2710. The largest absolute Gasteiger partial charge is 0.311 e. The summed E-state index contributed by atoms with van der Waals surface area (Å²) in [6.07, 6.45) is 0. The maximum absolute atomic E-state index is 2.36. The van der Waals surface area contributed by atoms with Gasteiger partial charge >= 0.3 is 0 Å². The predicted octanol–water partition coefficient (Wildman–Crippen LogP) is 16.8. The minimum absolute atomic E-state index is 1.09. The van der Waals surface area contributed by atoms with E-state index in [4.69, 9.17) is 0 Å². The van der Waals surface area contributed by atoms with Gasteiger partial charge in [-0.3, -0.25) is 0 Å². The highest BCUT2D eigenvalue weighted by atomic mass is 15.1. The highest BCUT2D eigenvalue weighted by molar-refractivity contribution is 5.86. The number of anilines is 3. The molecule has 0 aliphatic carbocycles. The zero-order chi connectivity index (χ0) is 40.8. The summed E-state index contributed by atoms with van der Waals surface area (Å²) < 4.78 is 0. The van der Waals surface area contributed by atoms with Crippen LogP contribution in [-0.4, -0.2) is 0 Å². The first kappa shape index (κ1) is 37.3. The Morgan fingerprint density at radius 1 is 0.148 bits per heavy atom. The van der Waals surface area contributed by atoms with Gasteiger partial charge in [0.2, 0.25) is 0 Å². The first-order valence-electron chi connectivity index (χ1n) is 20.9. The highest BCUT2D eigenvalue weighted by Crippen LogP contribution is 2.40. The molecule has 0 amide bonds. The molecule has 0 atom stereocenters. The van der Waals surface area contributed by atoms with Gasteiger partial charge < -0.3 is 4.90 Å². The molecule has 0 radical (unpaired) electrons. The van der Waals surface area contributed by atoms with E-state index in [9.17, 15) is 0 Å². The van der Waals surface area contributed by atoms with Gasteiger partial charge in [-0.1, -0.05) is 188 Å². The summed E-state index contributed by atoms with van der Waals surface area (Å²) in [5.41, 5.74) is 20.0. The fourth-order valence-corrected chi connectivity index (χ4v) is 8.26. The average molecular weight is 778 g/mol. The fraction of sp³-hybridized carbons (Fsp3) is 0. The van der Waals surface area contributed by atoms with Gasteiger partial charge in [-0.2, -0.15) is 0 Å². The van der Waals surface area contributed by atoms with Crippen molar-refractivity contribution < 1.29 is 0 Å². The number of nitrogens with zero attached hydrogens (tertiary/aromatic N) is 1. The van der Waals surface area contributed by atoms with Crippen LogP contribution in [-0.2, 0) is 0 Å². The first-order chi connectivity index (χ1) is 30.2. The van der Waals surface area contributed by atoms with E-state index in [1.165, 1.54) is 77.9 Å². The number of hydrogen-bond acceptors (Lipinski definition) is 1. The van der Waals surface area contributed by atoms with Crippen LogP contribution in [0.3, 0.4) is 0 Å². The molecule has 10 rings (SSSR count). The number of rotatable bonds is 10. The van der Waals surface area contributed by atoms with Crippen LogP contribution in [0.2, 0.25) is 0 Å². The predicted molar refractivity (Wildman–Crippen MR) is 259 cm³/mol. The Morgan fingerprint density at radius 2 is 0.311 bits per heavy atom. The minimum atomic E-state index is 1.09. The van der Waals surface area contributed by atoms with Crippen LogP contribution in [0.1, 0.15) is 0 Å². The molecule has 0 saturated carbocycles. The lowest BCUT2D eigenvalue weighted by Crippen LogP contribution is -2.09. The molecular formula is C60H43N. The molecule has 0 saturated heterocycles. The smallest absolute Gasteiger partial charge is 0.0462 e. The Labute approximate surface area is 359 Å². The van der Waals surface area contributed by atoms with Crippen molar-refractivity contribution in [3.63, 3.8) is 0 Å². The molecule has 0 aliphatic rings. The molecule has 10 aromatic carbocycles. The third-order valence-electron chi connectivity index (χ3n) is 11.4. The summed E-state index contributed by atoms with van der Waals surface area (Å²) in [5.74, 6) is 0. The van der Waals surface area contributed by atoms with Crippen LogP contribution < -0.4 is 4.90 Å². The van der Waals surface area contributed by atoms with E-state index in [-0.39, 0.29) is 0 Å². The lowest BCUT2D eigenvalue weighted by Gasteiger charge is -2.26. The first-order valence-corrected chi connectivity index (χ1v) is 20.9. The maximum Gasteiger partial charge on any atom is 0.0462 e. The van der Waals surface area contributed by atoms with Crippen LogP contribution in [0.4, 0.5) is 17.1 Å². The van der Waals surface area contributed by atoms with E-state index in [1.807, 2.05) is 0 Å². The van der Waals surface area contributed by atoms with Crippen molar-refractivity contribution in [2.45, 2.75) is 0 Å². The molecule has 10 aromatic rings. The zero-order valence-corrected chi connectivity index (χ0v) is 33.8. The van der Waals surface area contributed by atoms with E-state index in [1.54, 1.807) is 0 Å².